The van der Waals surface area contributed by atoms with Crippen LogP contribution in [0.1, 0.15) is 20.8 Å². The highest BCUT2D eigenvalue weighted by atomic mass is 16.6. The maximum absolute atomic E-state index is 10.5. The predicted molar refractivity (Wildman–Crippen MR) is 33.2 cm³/mol. The minimum Gasteiger partial charge on any atom is -0.444 e. The van der Waals surface area contributed by atoms with Gasteiger partial charge in [0.05, 0.1) is 5.54 Å². The Bertz CT molecular complexity index is 142. The van der Waals surface area contributed by atoms with Crippen molar-refractivity contribution in [1.82, 2.24) is 5.32 Å². The smallest absolute Gasteiger partial charge is 0.408 e. The molecule has 1 aliphatic heterocycles. The molecule has 1 saturated heterocycles. The first-order valence-corrected chi connectivity index (χ1v) is 3.01. The van der Waals surface area contributed by atoms with E-state index in [-0.39, 0.29) is 17.7 Å². The van der Waals surface area contributed by atoms with Gasteiger partial charge in [-0.2, -0.15) is 0 Å². The van der Waals surface area contributed by atoms with Gasteiger partial charge in [0, 0.05) is 0 Å². The Morgan fingerprint density at radius 2 is 2.22 bits per heavy atom. The van der Waals surface area contributed by atoms with Gasteiger partial charge < -0.3 is 10.1 Å². The van der Waals surface area contributed by atoms with Gasteiger partial charge in [-0.15, -0.1) is 0 Å². The standard InChI is InChI=1S/C6H11NO2/c1-4-6(2,3)7-5(8)9-4/h4H,1-3H3,(H,7,8)/t4-/m0/s1. The summed E-state index contributed by atoms with van der Waals surface area (Å²) in [6.07, 6.45) is -0.336. The lowest BCUT2D eigenvalue weighted by Crippen LogP contribution is -2.40. The molecule has 1 rings (SSSR count). The van der Waals surface area contributed by atoms with E-state index < -0.39 is 0 Å². The number of alkyl carbamates (subject to hydrolysis) is 1. The highest BCUT2D eigenvalue weighted by Gasteiger charge is 2.37. The Morgan fingerprint density at radius 1 is 1.67 bits per heavy atom. The summed E-state index contributed by atoms with van der Waals surface area (Å²) in [4.78, 5) is 10.5. The minimum absolute atomic E-state index is 0.0231. The van der Waals surface area contributed by atoms with Crippen molar-refractivity contribution in [2.75, 3.05) is 0 Å². The zero-order valence-electron chi connectivity index (χ0n) is 5.89. The summed E-state index contributed by atoms with van der Waals surface area (Å²) in [5, 5.41) is 2.68. The molecule has 3 heteroatoms. The van der Waals surface area contributed by atoms with Crippen molar-refractivity contribution in [2.24, 2.45) is 0 Å². The van der Waals surface area contributed by atoms with E-state index in [0.29, 0.717) is 0 Å². The summed E-state index contributed by atoms with van der Waals surface area (Å²) < 4.78 is 4.83. The largest absolute Gasteiger partial charge is 0.444 e. The number of cyclic esters (lactones) is 1. The first kappa shape index (κ1) is 6.39. The number of hydrogen-bond acceptors (Lipinski definition) is 2. The van der Waals surface area contributed by atoms with Gasteiger partial charge in [-0.1, -0.05) is 0 Å². The van der Waals surface area contributed by atoms with Crippen LogP contribution in [-0.4, -0.2) is 17.7 Å². The van der Waals surface area contributed by atoms with Crippen molar-refractivity contribution in [3.05, 3.63) is 0 Å². The molecule has 52 valence electrons. The maximum Gasteiger partial charge on any atom is 0.408 e. The molecule has 0 spiro atoms. The fourth-order valence-electron chi connectivity index (χ4n) is 0.702. The molecule has 0 bridgehead atoms. The van der Waals surface area contributed by atoms with Crippen LogP contribution in [-0.2, 0) is 4.74 Å². The molecule has 0 saturated carbocycles. The van der Waals surface area contributed by atoms with Crippen molar-refractivity contribution in [3.63, 3.8) is 0 Å². The second-order valence-corrected chi connectivity index (χ2v) is 2.89. The van der Waals surface area contributed by atoms with Gasteiger partial charge in [0.15, 0.2) is 0 Å². The Balaban J connectivity index is 2.69. The molecule has 0 aliphatic carbocycles. The molecule has 0 aromatic heterocycles. The molecule has 1 N–H and O–H groups in total. The van der Waals surface area contributed by atoms with Gasteiger partial charge >= 0.3 is 6.09 Å². The van der Waals surface area contributed by atoms with Crippen molar-refractivity contribution in [1.29, 1.82) is 0 Å². The summed E-state index contributed by atoms with van der Waals surface area (Å²) in [5.74, 6) is 0. The van der Waals surface area contributed by atoms with Gasteiger partial charge in [-0.05, 0) is 20.8 Å². The Kier molecular flexibility index (Phi) is 1.15. The summed E-state index contributed by atoms with van der Waals surface area (Å²) in [7, 11) is 0. The molecular formula is C6H11NO2. The zero-order valence-corrected chi connectivity index (χ0v) is 5.89. The zero-order chi connectivity index (χ0) is 7.07. The molecule has 1 heterocycles. The number of ether oxygens (including phenoxy) is 1. The van der Waals surface area contributed by atoms with E-state index in [1.54, 1.807) is 0 Å². The molecule has 0 radical (unpaired) electrons. The van der Waals surface area contributed by atoms with E-state index in [0.717, 1.165) is 0 Å². The predicted octanol–water partition coefficient (Wildman–Crippen LogP) is 0.893. The third-order valence-electron chi connectivity index (χ3n) is 1.72. The number of hydrogen-bond donors (Lipinski definition) is 1. The maximum atomic E-state index is 10.5. The quantitative estimate of drug-likeness (QED) is 0.527. The average molecular weight is 129 g/mol. The Labute approximate surface area is 54.4 Å². The van der Waals surface area contributed by atoms with E-state index in [9.17, 15) is 4.79 Å². The summed E-state index contributed by atoms with van der Waals surface area (Å²) in [6, 6.07) is 0. The van der Waals surface area contributed by atoms with Gasteiger partial charge in [-0.3, -0.25) is 0 Å². The molecule has 1 amide bonds. The molecule has 1 fully saturated rings. The number of nitrogens with one attached hydrogen (secondary N) is 1. The highest BCUT2D eigenvalue weighted by Crippen LogP contribution is 2.18. The van der Waals surface area contributed by atoms with E-state index in [4.69, 9.17) is 4.74 Å². The van der Waals surface area contributed by atoms with Gasteiger partial charge in [0.1, 0.15) is 6.10 Å². The number of carbonyl (C=O) groups excluding carboxylic acids is 1. The molecule has 0 unspecified atom stereocenters. The van der Waals surface area contributed by atoms with Crippen LogP contribution in [0.3, 0.4) is 0 Å². The Hall–Kier alpha value is -0.730. The lowest BCUT2D eigenvalue weighted by atomic mass is 10.0. The van der Waals surface area contributed by atoms with Crippen LogP contribution in [0, 0.1) is 0 Å². The summed E-state index contributed by atoms with van der Waals surface area (Å²) in [5.41, 5.74) is -0.197. The summed E-state index contributed by atoms with van der Waals surface area (Å²) >= 11 is 0. The topological polar surface area (TPSA) is 38.3 Å². The molecular weight excluding hydrogens is 118 g/mol. The van der Waals surface area contributed by atoms with E-state index in [1.807, 2.05) is 20.8 Å². The monoisotopic (exact) mass is 129 g/mol. The number of rotatable bonds is 0. The van der Waals surface area contributed by atoms with Gasteiger partial charge in [-0.25, -0.2) is 4.79 Å². The normalized spacial score (nSPS) is 31.4. The van der Waals surface area contributed by atoms with Crippen molar-refractivity contribution in [3.8, 4) is 0 Å². The molecule has 0 aromatic carbocycles. The lowest BCUT2D eigenvalue weighted by molar-refractivity contribution is 0.129. The third-order valence-corrected chi connectivity index (χ3v) is 1.72. The SMILES string of the molecule is C[C@@H]1OC(=O)NC1(C)C. The molecule has 0 aromatic rings. The van der Waals surface area contributed by atoms with Crippen LogP contribution in [0.2, 0.25) is 0 Å². The van der Waals surface area contributed by atoms with Gasteiger partial charge in [0.2, 0.25) is 0 Å². The molecule has 1 aliphatic rings. The van der Waals surface area contributed by atoms with Gasteiger partial charge in [0.25, 0.3) is 0 Å². The van der Waals surface area contributed by atoms with Crippen LogP contribution in [0.5, 0.6) is 0 Å². The van der Waals surface area contributed by atoms with Crippen LogP contribution in [0.4, 0.5) is 4.79 Å². The summed E-state index contributed by atoms with van der Waals surface area (Å²) in [6.45, 7) is 5.74. The van der Waals surface area contributed by atoms with E-state index in [1.165, 1.54) is 0 Å². The fraction of sp³-hybridized carbons (Fsp3) is 0.833. The van der Waals surface area contributed by atoms with Crippen LogP contribution >= 0.6 is 0 Å². The first-order chi connectivity index (χ1) is 4.02. The molecule has 9 heavy (non-hydrogen) atoms. The van der Waals surface area contributed by atoms with E-state index in [2.05, 4.69) is 5.32 Å². The van der Waals surface area contributed by atoms with Crippen molar-refractivity contribution >= 4 is 6.09 Å². The fourth-order valence-corrected chi connectivity index (χ4v) is 0.702. The molecule has 3 nitrogen and oxygen atoms in total. The van der Waals surface area contributed by atoms with E-state index >= 15 is 0 Å². The second kappa shape index (κ2) is 1.62. The van der Waals surface area contributed by atoms with Crippen LogP contribution in [0.25, 0.3) is 0 Å². The first-order valence-electron chi connectivity index (χ1n) is 3.01. The minimum atomic E-state index is -0.312. The Morgan fingerprint density at radius 3 is 2.33 bits per heavy atom. The number of amides is 1. The lowest BCUT2D eigenvalue weighted by Gasteiger charge is -2.18. The van der Waals surface area contributed by atoms with Crippen molar-refractivity contribution < 1.29 is 9.53 Å². The average Bonchev–Trinajstić information content (AvgIpc) is 1.79. The molecule has 1 atom stereocenters. The second-order valence-electron chi connectivity index (χ2n) is 2.89. The van der Waals surface area contributed by atoms with Crippen molar-refractivity contribution in [2.45, 2.75) is 32.4 Å². The van der Waals surface area contributed by atoms with Crippen LogP contribution in [0.15, 0.2) is 0 Å². The number of carbonyl (C=O) groups is 1. The van der Waals surface area contributed by atoms with Crippen LogP contribution < -0.4 is 5.32 Å². The third kappa shape index (κ3) is 0.992. The highest BCUT2D eigenvalue weighted by molar-refractivity contribution is 5.71.